The molecule has 0 aliphatic rings. The lowest BCUT2D eigenvalue weighted by atomic mass is 10.2. The maximum absolute atomic E-state index is 5.66. The summed E-state index contributed by atoms with van der Waals surface area (Å²) in [5, 5.41) is 3.11. The van der Waals surface area contributed by atoms with Gasteiger partial charge in [-0.1, -0.05) is 19.4 Å². The number of nitrogens with one attached hydrogen (secondary N) is 1. The first-order chi connectivity index (χ1) is 7.81. The number of ether oxygens (including phenoxy) is 2. The molecule has 1 N–H and O–H groups in total. The first-order valence-electron chi connectivity index (χ1n) is 5.76. The fourth-order valence-electron chi connectivity index (χ4n) is 1.47. The molecule has 0 saturated heterocycles. The second-order valence-electron chi connectivity index (χ2n) is 3.72. The summed E-state index contributed by atoms with van der Waals surface area (Å²) in [5.41, 5.74) is 1.20. The minimum Gasteiger partial charge on any atom is -0.493 e. The van der Waals surface area contributed by atoms with Gasteiger partial charge in [0, 0.05) is 6.54 Å². The van der Waals surface area contributed by atoms with Crippen molar-refractivity contribution < 1.29 is 9.47 Å². The van der Waals surface area contributed by atoms with Crippen molar-refractivity contribution in [2.45, 2.75) is 26.3 Å². The Labute approximate surface area is 97.8 Å². The number of unbranched alkanes of at least 4 members (excludes halogenated alkanes) is 1. The molecule has 0 aliphatic carbocycles. The fourth-order valence-corrected chi connectivity index (χ4v) is 1.47. The van der Waals surface area contributed by atoms with Crippen LogP contribution in [0.1, 0.15) is 25.3 Å². The van der Waals surface area contributed by atoms with Gasteiger partial charge in [-0.3, -0.25) is 0 Å². The van der Waals surface area contributed by atoms with Gasteiger partial charge in [0.05, 0.1) is 13.7 Å². The highest BCUT2D eigenvalue weighted by molar-refractivity contribution is 5.42. The quantitative estimate of drug-likeness (QED) is 0.721. The van der Waals surface area contributed by atoms with Crippen molar-refractivity contribution in [1.29, 1.82) is 0 Å². The number of hydrogen-bond donors (Lipinski definition) is 1. The predicted molar refractivity (Wildman–Crippen MR) is 66.2 cm³/mol. The predicted octanol–water partition coefficient (Wildman–Crippen LogP) is 2.59. The Kier molecular flexibility index (Phi) is 5.72. The molecule has 90 valence electrons. The zero-order valence-electron chi connectivity index (χ0n) is 10.4. The van der Waals surface area contributed by atoms with E-state index in [4.69, 9.17) is 9.47 Å². The van der Waals surface area contributed by atoms with E-state index in [2.05, 4.69) is 18.3 Å². The van der Waals surface area contributed by atoms with Gasteiger partial charge in [-0.25, -0.2) is 0 Å². The molecule has 0 heterocycles. The third-order valence-electron chi connectivity index (χ3n) is 2.36. The monoisotopic (exact) mass is 223 g/mol. The molecule has 0 unspecified atom stereocenters. The number of hydrogen-bond acceptors (Lipinski definition) is 3. The maximum Gasteiger partial charge on any atom is 0.161 e. The van der Waals surface area contributed by atoms with Crippen molar-refractivity contribution in [2.24, 2.45) is 0 Å². The molecular formula is C13H21NO2. The van der Waals surface area contributed by atoms with Crippen molar-refractivity contribution in [3.8, 4) is 11.5 Å². The Morgan fingerprint density at radius 3 is 2.69 bits per heavy atom. The highest BCUT2D eigenvalue weighted by Gasteiger charge is 2.04. The van der Waals surface area contributed by atoms with Crippen LogP contribution in [0.2, 0.25) is 0 Å². The largest absolute Gasteiger partial charge is 0.493 e. The van der Waals surface area contributed by atoms with Crippen molar-refractivity contribution in [3.05, 3.63) is 23.8 Å². The number of methoxy groups -OCH3 is 1. The van der Waals surface area contributed by atoms with E-state index in [1.807, 2.05) is 19.2 Å². The molecule has 0 atom stereocenters. The van der Waals surface area contributed by atoms with Crippen LogP contribution < -0.4 is 14.8 Å². The van der Waals surface area contributed by atoms with E-state index < -0.39 is 0 Å². The van der Waals surface area contributed by atoms with Crippen LogP contribution in [0.4, 0.5) is 0 Å². The van der Waals surface area contributed by atoms with Crippen LogP contribution in [0, 0.1) is 0 Å². The topological polar surface area (TPSA) is 30.5 Å². The summed E-state index contributed by atoms with van der Waals surface area (Å²) < 4.78 is 11.0. The van der Waals surface area contributed by atoms with Gasteiger partial charge in [0.25, 0.3) is 0 Å². The summed E-state index contributed by atoms with van der Waals surface area (Å²) in [4.78, 5) is 0. The molecule has 1 rings (SSSR count). The SMILES string of the molecule is CCCCOc1ccc(CNC)cc1OC. The molecule has 16 heavy (non-hydrogen) atoms. The Morgan fingerprint density at radius 2 is 2.06 bits per heavy atom. The molecule has 1 aromatic carbocycles. The smallest absolute Gasteiger partial charge is 0.161 e. The van der Waals surface area contributed by atoms with Crippen molar-refractivity contribution in [3.63, 3.8) is 0 Å². The average molecular weight is 223 g/mol. The minimum atomic E-state index is 0.748. The lowest BCUT2D eigenvalue weighted by Crippen LogP contribution is -2.05. The maximum atomic E-state index is 5.66. The van der Waals surface area contributed by atoms with Gasteiger partial charge in [0.1, 0.15) is 0 Å². The molecule has 0 bridgehead atoms. The Morgan fingerprint density at radius 1 is 1.25 bits per heavy atom. The highest BCUT2D eigenvalue weighted by Crippen LogP contribution is 2.28. The summed E-state index contributed by atoms with van der Waals surface area (Å²) in [5.74, 6) is 1.64. The Balaban J connectivity index is 2.68. The lowest BCUT2D eigenvalue weighted by Gasteiger charge is -2.11. The highest BCUT2D eigenvalue weighted by atomic mass is 16.5. The van der Waals surface area contributed by atoms with Gasteiger partial charge < -0.3 is 14.8 Å². The summed E-state index contributed by atoms with van der Waals surface area (Å²) in [6.45, 7) is 3.74. The molecular weight excluding hydrogens is 202 g/mol. The van der Waals surface area contributed by atoms with Gasteiger partial charge in [-0.2, -0.15) is 0 Å². The third-order valence-corrected chi connectivity index (χ3v) is 2.36. The molecule has 0 amide bonds. The second-order valence-corrected chi connectivity index (χ2v) is 3.72. The fraction of sp³-hybridized carbons (Fsp3) is 0.538. The third kappa shape index (κ3) is 3.74. The van der Waals surface area contributed by atoms with Gasteiger partial charge in [-0.05, 0) is 31.2 Å². The second kappa shape index (κ2) is 7.12. The van der Waals surface area contributed by atoms with E-state index in [-0.39, 0.29) is 0 Å². The summed E-state index contributed by atoms with van der Waals surface area (Å²) in [6, 6.07) is 6.04. The van der Waals surface area contributed by atoms with Gasteiger partial charge in [0.15, 0.2) is 11.5 Å². The van der Waals surface area contributed by atoms with Crippen molar-refractivity contribution >= 4 is 0 Å². The minimum absolute atomic E-state index is 0.748. The Bertz CT molecular complexity index is 313. The molecule has 3 heteroatoms. The molecule has 0 fully saturated rings. The van der Waals surface area contributed by atoms with Gasteiger partial charge in [-0.15, -0.1) is 0 Å². The number of benzene rings is 1. The first-order valence-corrected chi connectivity index (χ1v) is 5.76. The van der Waals surface area contributed by atoms with E-state index in [1.165, 1.54) is 5.56 Å². The summed E-state index contributed by atoms with van der Waals surface area (Å²) >= 11 is 0. The molecule has 1 aromatic rings. The standard InChI is InChI=1S/C13H21NO2/c1-4-5-8-16-12-7-6-11(10-14-2)9-13(12)15-3/h6-7,9,14H,4-5,8,10H2,1-3H3. The normalized spacial score (nSPS) is 10.2. The summed E-state index contributed by atoms with van der Waals surface area (Å²) in [6.07, 6.45) is 2.21. The van der Waals surface area contributed by atoms with Crippen LogP contribution in [0.3, 0.4) is 0 Å². The molecule has 0 spiro atoms. The van der Waals surface area contributed by atoms with Gasteiger partial charge in [0.2, 0.25) is 0 Å². The molecule has 0 radical (unpaired) electrons. The zero-order valence-corrected chi connectivity index (χ0v) is 10.4. The van der Waals surface area contributed by atoms with Crippen LogP contribution in [-0.2, 0) is 6.54 Å². The van der Waals surface area contributed by atoms with Crippen molar-refractivity contribution in [1.82, 2.24) is 5.32 Å². The lowest BCUT2D eigenvalue weighted by molar-refractivity contribution is 0.288. The van der Waals surface area contributed by atoms with Gasteiger partial charge >= 0.3 is 0 Å². The van der Waals surface area contributed by atoms with E-state index in [1.54, 1.807) is 7.11 Å². The molecule has 3 nitrogen and oxygen atoms in total. The van der Waals surface area contributed by atoms with Crippen LogP contribution in [0.25, 0.3) is 0 Å². The molecule has 0 aromatic heterocycles. The first kappa shape index (κ1) is 12.8. The van der Waals surface area contributed by atoms with Crippen LogP contribution >= 0.6 is 0 Å². The molecule has 0 aliphatic heterocycles. The van der Waals surface area contributed by atoms with E-state index in [0.29, 0.717) is 0 Å². The zero-order chi connectivity index (χ0) is 11.8. The summed E-state index contributed by atoms with van der Waals surface area (Å²) in [7, 11) is 3.60. The van der Waals surface area contributed by atoms with Crippen LogP contribution in [0.15, 0.2) is 18.2 Å². The van der Waals surface area contributed by atoms with E-state index in [9.17, 15) is 0 Å². The Hall–Kier alpha value is -1.22. The van der Waals surface area contributed by atoms with Crippen molar-refractivity contribution in [2.75, 3.05) is 20.8 Å². The average Bonchev–Trinajstić information content (AvgIpc) is 2.31. The van der Waals surface area contributed by atoms with Crippen LogP contribution in [-0.4, -0.2) is 20.8 Å². The van der Waals surface area contributed by atoms with E-state index in [0.717, 1.165) is 37.5 Å². The van der Waals surface area contributed by atoms with E-state index >= 15 is 0 Å². The number of rotatable bonds is 7. The van der Waals surface area contributed by atoms with Crippen LogP contribution in [0.5, 0.6) is 11.5 Å². The molecule has 0 saturated carbocycles.